The van der Waals surface area contributed by atoms with Crippen molar-refractivity contribution in [3.05, 3.63) is 0 Å². The number of amides is 1. The second-order valence-corrected chi connectivity index (χ2v) is 13.7. The number of carbonyl (C=O) groups excluding carboxylic acids is 1. The molecule has 1 amide bonds. The molecule has 0 bridgehead atoms. The number of hydrogen-bond acceptors (Lipinski definition) is 18. The molecule has 0 aromatic carbocycles. The predicted octanol–water partition coefficient (Wildman–Crippen LogP) is -4.15. The van der Waals surface area contributed by atoms with Gasteiger partial charge in [-0.1, -0.05) is 52.4 Å². The highest BCUT2D eigenvalue weighted by Crippen LogP contribution is 2.32. The summed E-state index contributed by atoms with van der Waals surface area (Å²) in [5, 5.41) is 118. The average molecular weight is 760 g/mol. The average Bonchev–Trinajstić information content (AvgIpc) is 3.14. The molecule has 3 rings (SSSR count). The Morgan fingerprint density at radius 2 is 1.10 bits per heavy atom. The molecule has 17 unspecified atom stereocenters. The Balaban J connectivity index is 1.65. The van der Waals surface area contributed by atoms with E-state index in [1.54, 1.807) is 0 Å². The van der Waals surface area contributed by atoms with Gasteiger partial charge in [0.05, 0.1) is 38.6 Å². The first-order valence-electron chi connectivity index (χ1n) is 18.3. The van der Waals surface area contributed by atoms with E-state index in [0.717, 1.165) is 38.5 Å². The van der Waals surface area contributed by atoms with Gasteiger partial charge in [-0.25, -0.2) is 0 Å². The molecule has 0 radical (unpaired) electrons. The molecule has 3 fully saturated rings. The summed E-state index contributed by atoms with van der Waals surface area (Å²) in [5.41, 5.74) is 0. The van der Waals surface area contributed by atoms with Gasteiger partial charge in [-0.2, -0.15) is 0 Å². The molecule has 12 N–H and O–H groups in total. The molecule has 19 nitrogen and oxygen atoms in total. The third kappa shape index (κ3) is 11.9. The zero-order chi connectivity index (χ0) is 38.5. The normalized spacial score (nSPS) is 39.6. The Labute approximate surface area is 303 Å². The van der Waals surface area contributed by atoms with Crippen LogP contribution in [0.3, 0.4) is 0 Å². The zero-order valence-electron chi connectivity index (χ0n) is 29.8. The largest absolute Gasteiger partial charge is 0.394 e. The molecular weight excluding hydrogens is 698 g/mol. The van der Waals surface area contributed by atoms with Crippen LogP contribution in [0.1, 0.15) is 71.6 Å². The molecule has 52 heavy (non-hydrogen) atoms. The van der Waals surface area contributed by atoms with E-state index in [2.05, 4.69) is 12.2 Å². The highest BCUT2D eigenvalue weighted by atomic mass is 16.8. The Kier molecular flexibility index (Phi) is 19.4. The summed E-state index contributed by atoms with van der Waals surface area (Å²) in [5.74, 6) is -0.289. The smallest absolute Gasteiger partial charge is 0.220 e. The van der Waals surface area contributed by atoms with Crippen LogP contribution in [-0.4, -0.2) is 193 Å². The molecule has 3 heterocycles. The van der Waals surface area contributed by atoms with Crippen molar-refractivity contribution in [3.8, 4) is 0 Å². The SMILES string of the molecule is CCCCCCCC(O)C(COC1OC(CO)C(OC2OC(CO)C(OC3OC(CO)C(O)C(O)C3O)C(O)C2O)C(O)C1O)NC(=O)CCCC. The maximum atomic E-state index is 12.5. The van der Waals surface area contributed by atoms with Crippen LogP contribution in [-0.2, 0) is 33.2 Å². The minimum atomic E-state index is -1.96. The van der Waals surface area contributed by atoms with Gasteiger partial charge in [0.25, 0.3) is 0 Å². The summed E-state index contributed by atoms with van der Waals surface area (Å²) < 4.78 is 33.6. The van der Waals surface area contributed by atoms with Crippen LogP contribution in [0.2, 0.25) is 0 Å². The highest BCUT2D eigenvalue weighted by Gasteiger charge is 2.53. The Hall–Kier alpha value is -1.21. The minimum absolute atomic E-state index is 0.241. The van der Waals surface area contributed by atoms with Gasteiger partial charge in [-0.05, 0) is 12.8 Å². The van der Waals surface area contributed by atoms with Crippen LogP contribution in [0, 0.1) is 0 Å². The van der Waals surface area contributed by atoms with Gasteiger partial charge in [-0.15, -0.1) is 0 Å². The summed E-state index contributed by atoms with van der Waals surface area (Å²) in [6.07, 6.45) is -19.6. The van der Waals surface area contributed by atoms with Crippen LogP contribution in [0.4, 0.5) is 0 Å². The number of unbranched alkanes of at least 4 members (excludes halogenated alkanes) is 5. The summed E-state index contributed by atoms with van der Waals surface area (Å²) in [4.78, 5) is 12.5. The van der Waals surface area contributed by atoms with Gasteiger partial charge in [0.15, 0.2) is 18.9 Å². The van der Waals surface area contributed by atoms with E-state index in [4.69, 9.17) is 28.4 Å². The first-order valence-corrected chi connectivity index (χ1v) is 18.3. The number of rotatable bonds is 21. The summed E-state index contributed by atoms with van der Waals surface area (Å²) in [7, 11) is 0. The first kappa shape index (κ1) is 45.2. The monoisotopic (exact) mass is 759 g/mol. The van der Waals surface area contributed by atoms with Crippen molar-refractivity contribution in [2.24, 2.45) is 0 Å². The number of carbonyl (C=O) groups is 1. The fourth-order valence-electron chi connectivity index (χ4n) is 6.40. The van der Waals surface area contributed by atoms with Gasteiger partial charge in [-0.3, -0.25) is 4.79 Å². The molecule has 0 aromatic rings. The first-order chi connectivity index (χ1) is 24.8. The van der Waals surface area contributed by atoms with E-state index in [1.807, 2.05) is 6.92 Å². The molecule has 0 spiro atoms. The van der Waals surface area contributed by atoms with Crippen molar-refractivity contribution in [1.29, 1.82) is 0 Å². The lowest BCUT2D eigenvalue weighted by Crippen LogP contribution is -2.66. The van der Waals surface area contributed by atoms with Crippen molar-refractivity contribution < 1.29 is 89.4 Å². The highest BCUT2D eigenvalue weighted by molar-refractivity contribution is 5.76. The van der Waals surface area contributed by atoms with Gasteiger partial charge in [0.2, 0.25) is 5.91 Å². The van der Waals surface area contributed by atoms with E-state index in [-0.39, 0.29) is 18.9 Å². The maximum absolute atomic E-state index is 12.5. The minimum Gasteiger partial charge on any atom is -0.394 e. The standard InChI is InChI=1S/C33H61NO18/c1-3-5-7-8-9-10-17(38)16(34-21(39)11-6-4-2)15-47-31-27(45)24(42)29(19(13-36)49-31)52-33-28(46)25(43)30(20(14-37)50-33)51-32-26(44)23(41)22(40)18(12-35)48-32/h16-20,22-33,35-38,40-46H,3-15H2,1-2H3,(H,34,39). The third-order valence-corrected chi connectivity index (χ3v) is 9.68. The van der Waals surface area contributed by atoms with Gasteiger partial charge >= 0.3 is 0 Å². The van der Waals surface area contributed by atoms with E-state index in [1.165, 1.54) is 0 Å². The van der Waals surface area contributed by atoms with Crippen molar-refractivity contribution in [1.82, 2.24) is 5.32 Å². The molecule has 3 saturated heterocycles. The molecule has 0 saturated carbocycles. The summed E-state index contributed by atoms with van der Waals surface area (Å²) >= 11 is 0. The molecule has 3 aliphatic heterocycles. The zero-order valence-corrected chi connectivity index (χ0v) is 29.8. The van der Waals surface area contributed by atoms with Gasteiger partial charge < -0.3 is 89.9 Å². The van der Waals surface area contributed by atoms with Crippen molar-refractivity contribution >= 4 is 5.91 Å². The fourth-order valence-corrected chi connectivity index (χ4v) is 6.40. The topological polar surface area (TPSA) is 307 Å². The summed E-state index contributed by atoms with van der Waals surface area (Å²) in [6.45, 7) is 1.33. The van der Waals surface area contributed by atoms with Crippen molar-refractivity contribution in [2.45, 2.75) is 176 Å². The quantitative estimate of drug-likeness (QED) is 0.0494. The number of ether oxygens (including phenoxy) is 6. The molecule has 3 aliphatic rings. The van der Waals surface area contributed by atoms with E-state index in [9.17, 15) is 61.0 Å². The van der Waals surface area contributed by atoms with Crippen molar-refractivity contribution in [3.63, 3.8) is 0 Å². The Morgan fingerprint density at radius 1 is 0.615 bits per heavy atom. The van der Waals surface area contributed by atoms with Crippen LogP contribution >= 0.6 is 0 Å². The van der Waals surface area contributed by atoms with E-state index >= 15 is 0 Å². The molecule has 17 atom stereocenters. The lowest BCUT2D eigenvalue weighted by atomic mass is 9.96. The second-order valence-electron chi connectivity index (χ2n) is 13.7. The Morgan fingerprint density at radius 3 is 1.63 bits per heavy atom. The van der Waals surface area contributed by atoms with Gasteiger partial charge in [0, 0.05) is 6.42 Å². The Bertz CT molecular complexity index is 1010. The fraction of sp³-hybridized carbons (Fsp3) is 0.970. The van der Waals surface area contributed by atoms with Crippen LogP contribution in [0.15, 0.2) is 0 Å². The molecule has 0 aromatic heterocycles. The lowest BCUT2D eigenvalue weighted by molar-refractivity contribution is -0.379. The van der Waals surface area contributed by atoms with Crippen molar-refractivity contribution in [2.75, 3.05) is 26.4 Å². The molecule has 306 valence electrons. The third-order valence-electron chi connectivity index (χ3n) is 9.68. The lowest BCUT2D eigenvalue weighted by Gasteiger charge is -2.48. The number of nitrogens with one attached hydrogen (secondary N) is 1. The van der Waals surface area contributed by atoms with Crippen LogP contribution in [0.25, 0.3) is 0 Å². The second kappa shape index (κ2) is 22.4. The molecule has 19 heteroatoms. The molecule has 0 aliphatic carbocycles. The van der Waals surface area contributed by atoms with Crippen LogP contribution < -0.4 is 5.32 Å². The number of aliphatic hydroxyl groups excluding tert-OH is 11. The maximum Gasteiger partial charge on any atom is 0.220 e. The van der Waals surface area contributed by atoms with E-state index < -0.39 is 124 Å². The molecular formula is C33H61NO18. The van der Waals surface area contributed by atoms with Gasteiger partial charge in [0.1, 0.15) is 73.2 Å². The predicted molar refractivity (Wildman–Crippen MR) is 176 cm³/mol. The number of aliphatic hydroxyl groups is 11. The summed E-state index contributed by atoms with van der Waals surface area (Å²) in [6, 6.07) is -0.870. The van der Waals surface area contributed by atoms with E-state index in [0.29, 0.717) is 12.8 Å². The van der Waals surface area contributed by atoms with Crippen LogP contribution in [0.5, 0.6) is 0 Å². The number of hydrogen-bond donors (Lipinski definition) is 12.